The molecule has 1 amide bonds. The van der Waals surface area contributed by atoms with Crippen LogP contribution in [-0.2, 0) is 16.1 Å². The first-order chi connectivity index (χ1) is 15.5. The first-order valence-corrected chi connectivity index (χ1v) is 10.1. The van der Waals surface area contributed by atoms with Crippen LogP contribution in [0.15, 0.2) is 72.8 Å². The van der Waals surface area contributed by atoms with Gasteiger partial charge in [0.1, 0.15) is 6.61 Å². The quantitative estimate of drug-likeness (QED) is 0.368. The van der Waals surface area contributed by atoms with E-state index in [2.05, 4.69) is 10.1 Å². The number of rotatable bonds is 8. The van der Waals surface area contributed by atoms with Crippen molar-refractivity contribution < 1.29 is 23.8 Å². The maximum atomic E-state index is 12.2. The van der Waals surface area contributed by atoms with Crippen LogP contribution in [0.1, 0.15) is 21.5 Å². The largest absolute Gasteiger partial charge is 0.493 e. The molecular formula is C25H22ClNO5. The van der Waals surface area contributed by atoms with Gasteiger partial charge in [-0.1, -0.05) is 29.8 Å². The van der Waals surface area contributed by atoms with Gasteiger partial charge < -0.3 is 19.5 Å². The third-order valence-electron chi connectivity index (χ3n) is 4.50. The van der Waals surface area contributed by atoms with Crippen LogP contribution < -0.4 is 14.8 Å². The third-order valence-corrected chi connectivity index (χ3v) is 4.75. The molecule has 0 radical (unpaired) electrons. The SMILES string of the molecule is COC(=O)c1ccc(NC(=O)/C=C/c2ccc(OCc3ccc(Cl)cc3)c(OC)c2)cc1. The normalized spacial score (nSPS) is 10.6. The van der Waals surface area contributed by atoms with Gasteiger partial charge in [-0.05, 0) is 65.7 Å². The minimum absolute atomic E-state index is 0.308. The number of methoxy groups -OCH3 is 2. The Kier molecular flexibility index (Phi) is 7.89. The van der Waals surface area contributed by atoms with E-state index in [0.717, 1.165) is 11.1 Å². The molecule has 0 saturated heterocycles. The van der Waals surface area contributed by atoms with E-state index in [1.165, 1.54) is 13.2 Å². The summed E-state index contributed by atoms with van der Waals surface area (Å²) in [5.41, 5.74) is 2.73. The molecule has 0 saturated carbocycles. The van der Waals surface area contributed by atoms with Gasteiger partial charge in [-0.15, -0.1) is 0 Å². The highest BCUT2D eigenvalue weighted by molar-refractivity contribution is 6.30. The predicted molar refractivity (Wildman–Crippen MR) is 124 cm³/mol. The van der Waals surface area contributed by atoms with Gasteiger partial charge >= 0.3 is 5.97 Å². The Labute approximate surface area is 191 Å². The molecule has 3 rings (SSSR count). The van der Waals surface area contributed by atoms with E-state index in [1.54, 1.807) is 49.6 Å². The number of carbonyl (C=O) groups is 2. The first-order valence-electron chi connectivity index (χ1n) is 9.71. The van der Waals surface area contributed by atoms with E-state index in [9.17, 15) is 9.59 Å². The summed E-state index contributed by atoms with van der Waals surface area (Å²) in [5.74, 6) is 0.407. The first kappa shape index (κ1) is 22.9. The van der Waals surface area contributed by atoms with E-state index in [4.69, 9.17) is 21.1 Å². The molecule has 0 aliphatic carbocycles. The monoisotopic (exact) mass is 451 g/mol. The number of hydrogen-bond donors (Lipinski definition) is 1. The van der Waals surface area contributed by atoms with Crippen LogP contribution in [0, 0.1) is 0 Å². The van der Waals surface area contributed by atoms with Crippen molar-refractivity contribution in [3.8, 4) is 11.5 Å². The number of nitrogens with one attached hydrogen (secondary N) is 1. The summed E-state index contributed by atoms with van der Waals surface area (Å²) in [6.45, 7) is 0.375. The molecule has 0 aromatic heterocycles. The molecule has 0 unspecified atom stereocenters. The van der Waals surface area contributed by atoms with Gasteiger partial charge in [0, 0.05) is 16.8 Å². The van der Waals surface area contributed by atoms with E-state index >= 15 is 0 Å². The van der Waals surface area contributed by atoms with Crippen LogP contribution >= 0.6 is 11.6 Å². The highest BCUT2D eigenvalue weighted by atomic mass is 35.5. The van der Waals surface area contributed by atoms with Crippen molar-refractivity contribution in [2.45, 2.75) is 6.61 Å². The maximum absolute atomic E-state index is 12.2. The van der Waals surface area contributed by atoms with Crippen LogP contribution in [0.5, 0.6) is 11.5 Å². The van der Waals surface area contributed by atoms with Crippen molar-refractivity contribution in [3.63, 3.8) is 0 Å². The summed E-state index contributed by atoms with van der Waals surface area (Å²) in [5, 5.41) is 3.41. The Morgan fingerprint density at radius 3 is 2.31 bits per heavy atom. The second-order valence-corrected chi connectivity index (χ2v) is 7.15. The highest BCUT2D eigenvalue weighted by Gasteiger charge is 2.07. The highest BCUT2D eigenvalue weighted by Crippen LogP contribution is 2.29. The van der Waals surface area contributed by atoms with Gasteiger partial charge in [-0.2, -0.15) is 0 Å². The van der Waals surface area contributed by atoms with E-state index in [1.807, 2.05) is 30.3 Å². The van der Waals surface area contributed by atoms with Crippen LogP contribution in [0.4, 0.5) is 5.69 Å². The minimum atomic E-state index is -0.433. The average molecular weight is 452 g/mol. The molecule has 3 aromatic rings. The molecule has 0 aliphatic heterocycles. The van der Waals surface area contributed by atoms with Crippen molar-refractivity contribution in [1.82, 2.24) is 0 Å². The number of halogens is 1. The molecule has 0 fully saturated rings. The van der Waals surface area contributed by atoms with E-state index < -0.39 is 5.97 Å². The fourth-order valence-corrected chi connectivity index (χ4v) is 2.94. The lowest BCUT2D eigenvalue weighted by molar-refractivity contribution is -0.111. The zero-order valence-electron chi connectivity index (χ0n) is 17.6. The molecular weight excluding hydrogens is 430 g/mol. The fourth-order valence-electron chi connectivity index (χ4n) is 2.81. The summed E-state index contributed by atoms with van der Waals surface area (Å²) in [4.78, 5) is 23.7. The summed E-state index contributed by atoms with van der Waals surface area (Å²) in [7, 11) is 2.87. The topological polar surface area (TPSA) is 73.9 Å². The van der Waals surface area contributed by atoms with E-state index in [0.29, 0.717) is 34.4 Å². The zero-order chi connectivity index (χ0) is 22.9. The number of ether oxygens (including phenoxy) is 3. The Morgan fingerprint density at radius 1 is 0.938 bits per heavy atom. The zero-order valence-corrected chi connectivity index (χ0v) is 18.4. The second kappa shape index (κ2) is 11.0. The number of benzene rings is 3. The van der Waals surface area contributed by atoms with Gasteiger partial charge in [-0.3, -0.25) is 4.79 Å². The summed E-state index contributed by atoms with van der Waals surface area (Å²) in [6.07, 6.45) is 3.08. The van der Waals surface area contributed by atoms with Gasteiger partial charge in [0.15, 0.2) is 11.5 Å². The van der Waals surface area contributed by atoms with Gasteiger partial charge in [0.2, 0.25) is 5.91 Å². The Bertz CT molecular complexity index is 1110. The molecule has 0 bridgehead atoms. The van der Waals surface area contributed by atoms with Crippen LogP contribution in [0.3, 0.4) is 0 Å². The number of amides is 1. The molecule has 1 N–H and O–H groups in total. The molecule has 3 aromatic carbocycles. The van der Waals surface area contributed by atoms with Gasteiger partial charge in [-0.25, -0.2) is 4.79 Å². The molecule has 164 valence electrons. The third kappa shape index (κ3) is 6.36. The molecule has 6 nitrogen and oxygen atoms in total. The van der Waals surface area contributed by atoms with Gasteiger partial charge in [0.05, 0.1) is 19.8 Å². The van der Waals surface area contributed by atoms with Crippen LogP contribution in [0.2, 0.25) is 5.02 Å². The van der Waals surface area contributed by atoms with Crippen molar-refractivity contribution >= 4 is 35.2 Å². The summed E-state index contributed by atoms with van der Waals surface area (Å²) < 4.78 is 15.9. The fraction of sp³-hybridized carbons (Fsp3) is 0.120. The summed E-state index contributed by atoms with van der Waals surface area (Å²) in [6, 6.07) is 19.2. The Balaban J connectivity index is 1.60. The molecule has 7 heteroatoms. The molecule has 0 atom stereocenters. The van der Waals surface area contributed by atoms with Crippen molar-refractivity contribution in [2.75, 3.05) is 19.5 Å². The number of hydrogen-bond acceptors (Lipinski definition) is 5. The molecule has 0 spiro atoms. The minimum Gasteiger partial charge on any atom is -0.493 e. The molecule has 0 heterocycles. The second-order valence-electron chi connectivity index (χ2n) is 6.72. The summed E-state index contributed by atoms with van der Waals surface area (Å²) >= 11 is 5.90. The predicted octanol–water partition coefficient (Wildman–Crippen LogP) is 5.37. The van der Waals surface area contributed by atoms with Crippen LogP contribution in [-0.4, -0.2) is 26.1 Å². The smallest absolute Gasteiger partial charge is 0.337 e. The lowest BCUT2D eigenvalue weighted by Crippen LogP contribution is -2.08. The number of carbonyl (C=O) groups excluding carboxylic acids is 2. The molecule has 32 heavy (non-hydrogen) atoms. The lowest BCUT2D eigenvalue weighted by Gasteiger charge is -2.11. The van der Waals surface area contributed by atoms with Crippen molar-refractivity contribution in [2.24, 2.45) is 0 Å². The number of esters is 1. The van der Waals surface area contributed by atoms with E-state index in [-0.39, 0.29) is 5.91 Å². The molecule has 0 aliphatic rings. The Hall–Kier alpha value is -3.77. The van der Waals surface area contributed by atoms with Gasteiger partial charge in [0.25, 0.3) is 0 Å². The van der Waals surface area contributed by atoms with Crippen molar-refractivity contribution in [1.29, 1.82) is 0 Å². The standard InChI is InChI=1S/C25H22ClNO5/c1-30-23-15-17(5-13-22(23)32-16-18-3-9-20(26)10-4-18)6-14-24(28)27-21-11-7-19(8-12-21)25(29)31-2/h3-15H,16H2,1-2H3,(H,27,28)/b14-6+. The maximum Gasteiger partial charge on any atom is 0.337 e. The van der Waals surface area contributed by atoms with Crippen molar-refractivity contribution in [3.05, 3.63) is 94.5 Å². The lowest BCUT2D eigenvalue weighted by atomic mass is 10.1. The number of anilines is 1. The Morgan fingerprint density at radius 2 is 1.66 bits per heavy atom. The van der Waals surface area contributed by atoms with Crippen LogP contribution in [0.25, 0.3) is 6.08 Å². The average Bonchev–Trinajstić information content (AvgIpc) is 2.82.